The van der Waals surface area contributed by atoms with Crippen LogP contribution in [0.1, 0.15) is 26.8 Å². The molecule has 0 saturated carbocycles. The van der Waals surface area contributed by atoms with Crippen molar-refractivity contribution in [1.29, 1.82) is 0 Å². The molecular formula is C16H17ClN4O2. The molecule has 23 heavy (non-hydrogen) atoms. The van der Waals surface area contributed by atoms with Gasteiger partial charge in [0.15, 0.2) is 11.2 Å². The maximum atomic E-state index is 12.8. The van der Waals surface area contributed by atoms with E-state index in [1.807, 2.05) is 13.8 Å². The molecule has 0 spiro atoms. The van der Waals surface area contributed by atoms with Gasteiger partial charge in [-0.1, -0.05) is 17.7 Å². The monoisotopic (exact) mass is 332 g/mol. The van der Waals surface area contributed by atoms with Crippen molar-refractivity contribution >= 4 is 22.8 Å². The molecular weight excluding hydrogens is 316 g/mol. The van der Waals surface area contributed by atoms with Crippen LogP contribution < -0.4 is 11.2 Å². The predicted molar refractivity (Wildman–Crippen MR) is 90.7 cm³/mol. The second-order valence-corrected chi connectivity index (χ2v) is 6.00. The first-order valence-electron chi connectivity index (χ1n) is 7.44. The zero-order valence-corrected chi connectivity index (χ0v) is 13.9. The van der Waals surface area contributed by atoms with Crippen molar-refractivity contribution in [3.8, 4) is 5.69 Å². The van der Waals surface area contributed by atoms with Crippen LogP contribution in [0.3, 0.4) is 0 Å². The van der Waals surface area contributed by atoms with Crippen molar-refractivity contribution in [2.45, 2.75) is 33.4 Å². The van der Waals surface area contributed by atoms with E-state index in [0.717, 1.165) is 0 Å². The van der Waals surface area contributed by atoms with Gasteiger partial charge in [0.1, 0.15) is 0 Å². The molecule has 3 aromatic rings. The third-order valence-electron chi connectivity index (χ3n) is 3.80. The van der Waals surface area contributed by atoms with Crippen molar-refractivity contribution in [2.24, 2.45) is 0 Å². The molecule has 2 aromatic heterocycles. The fourth-order valence-electron chi connectivity index (χ4n) is 2.67. The van der Waals surface area contributed by atoms with Crippen molar-refractivity contribution in [3.05, 3.63) is 56.5 Å². The van der Waals surface area contributed by atoms with Gasteiger partial charge < -0.3 is 4.57 Å². The molecule has 0 amide bonds. The Bertz CT molecular complexity index is 997. The van der Waals surface area contributed by atoms with E-state index in [-0.39, 0.29) is 18.1 Å². The molecule has 0 aliphatic rings. The SMILES string of the molecule is CCn1c(=O)c2c(ncn2C(C)C)n(-c2cccc(Cl)c2)c1=O. The number of imidazole rings is 1. The minimum Gasteiger partial charge on any atom is -0.322 e. The van der Waals surface area contributed by atoms with Crippen LogP contribution in [0, 0.1) is 0 Å². The molecule has 0 atom stereocenters. The highest BCUT2D eigenvalue weighted by Gasteiger charge is 2.19. The Morgan fingerprint density at radius 1 is 1.26 bits per heavy atom. The van der Waals surface area contributed by atoms with Crippen molar-refractivity contribution in [3.63, 3.8) is 0 Å². The van der Waals surface area contributed by atoms with Crippen LogP contribution in [0.25, 0.3) is 16.9 Å². The number of hydrogen-bond acceptors (Lipinski definition) is 3. The fraction of sp³-hybridized carbons (Fsp3) is 0.312. The average molecular weight is 333 g/mol. The number of fused-ring (bicyclic) bond motifs is 1. The summed E-state index contributed by atoms with van der Waals surface area (Å²) in [6, 6.07) is 7.00. The molecule has 0 bridgehead atoms. The van der Waals surface area contributed by atoms with Crippen LogP contribution in [-0.2, 0) is 6.54 Å². The van der Waals surface area contributed by atoms with Gasteiger partial charge in [-0.3, -0.25) is 9.36 Å². The Labute approximate surface area is 137 Å². The molecule has 0 aliphatic heterocycles. The molecule has 0 unspecified atom stereocenters. The summed E-state index contributed by atoms with van der Waals surface area (Å²) in [5.74, 6) is 0. The Balaban J connectivity index is 2.52. The van der Waals surface area contributed by atoms with Gasteiger partial charge in [0.2, 0.25) is 0 Å². The van der Waals surface area contributed by atoms with E-state index in [4.69, 9.17) is 11.6 Å². The van der Waals surface area contributed by atoms with Crippen molar-refractivity contribution in [1.82, 2.24) is 18.7 Å². The van der Waals surface area contributed by atoms with Gasteiger partial charge in [0.05, 0.1) is 12.0 Å². The van der Waals surface area contributed by atoms with Crippen molar-refractivity contribution in [2.75, 3.05) is 0 Å². The molecule has 120 valence electrons. The van der Waals surface area contributed by atoms with Crippen LogP contribution in [0.15, 0.2) is 40.2 Å². The maximum Gasteiger partial charge on any atom is 0.337 e. The number of nitrogens with zero attached hydrogens (tertiary/aromatic N) is 4. The lowest BCUT2D eigenvalue weighted by atomic mass is 10.3. The standard InChI is InChI=1S/C16H17ClN4O2/c1-4-19-15(22)13-14(18-9-20(13)10(2)3)21(16(19)23)12-7-5-6-11(17)8-12/h5-10H,4H2,1-3H3. The summed E-state index contributed by atoms with van der Waals surface area (Å²) in [6.07, 6.45) is 1.59. The first-order valence-corrected chi connectivity index (χ1v) is 7.81. The van der Waals surface area contributed by atoms with Gasteiger partial charge in [0.25, 0.3) is 5.56 Å². The molecule has 2 heterocycles. The average Bonchev–Trinajstić information content (AvgIpc) is 2.93. The van der Waals surface area contributed by atoms with E-state index in [1.54, 1.807) is 42.1 Å². The van der Waals surface area contributed by atoms with E-state index in [0.29, 0.717) is 21.9 Å². The normalized spacial score (nSPS) is 11.5. The molecule has 3 rings (SSSR count). The summed E-state index contributed by atoms with van der Waals surface area (Å²) in [7, 11) is 0. The van der Waals surface area contributed by atoms with E-state index in [2.05, 4.69) is 4.98 Å². The zero-order valence-electron chi connectivity index (χ0n) is 13.2. The fourth-order valence-corrected chi connectivity index (χ4v) is 2.85. The van der Waals surface area contributed by atoms with Gasteiger partial charge in [-0.2, -0.15) is 0 Å². The summed E-state index contributed by atoms with van der Waals surface area (Å²) in [5.41, 5.74) is 0.615. The van der Waals surface area contributed by atoms with Crippen LogP contribution >= 0.6 is 11.6 Å². The molecule has 0 radical (unpaired) electrons. The topological polar surface area (TPSA) is 61.8 Å². The Kier molecular flexibility index (Phi) is 3.85. The highest BCUT2D eigenvalue weighted by atomic mass is 35.5. The maximum absolute atomic E-state index is 12.8. The smallest absolute Gasteiger partial charge is 0.322 e. The Morgan fingerprint density at radius 2 is 2.00 bits per heavy atom. The number of halogens is 1. The minimum absolute atomic E-state index is 0.0586. The van der Waals surface area contributed by atoms with E-state index in [9.17, 15) is 9.59 Å². The highest BCUT2D eigenvalue weighted by molar-refractivity contribution is 6.30. The Morgan fingerprint density at radius 3 is 2.61 bits per heavy atom. The summed E-state index contributed by atoms with van der Waals surface area (Å²) in [5, 5.41) is 0.514. The molecule has 7 heteroatoms. The quantitative estimate of drug-likeness (QED) is 0.740. The third-order valence-corrected chi connectivity index (χ3v) is 4.03. The minimum atomic E-state index is -0.415. The second kappa shape index (κ2) is 5.70. The molecule has 0 N–H and O–H groups in total. The van der Waals surface area contributed by atoms with E-state index in [1.165, 1.54) is 9.13 Å². The van der Waals surface area contributed by atoms with Crippen LogP contribution in [0.4, 0.5) is 0 Å². The molecule has 6 nitrogen and oxygen atoms in total. The lowest BCUT2D eigenvalue weighted by Crippen LogP contribution is -2.39. The number of rotatable bonds is 3. The van der Waals surface area contributed by atoms with Crippen molar-refractivity contribution < 1.29 is 0 Å². The van der Waals surface area contributed by atoms with Gasteiger partial charge in [0, 0.05) is 17.6 Å². The largest absolute Gasteiger partial charge is 0.337 e. The first kappa shape index (κ1) is 15.6. The van der Waals surface area contributed by atoms with Gasteiger partial charge in [-0.05, 0) is 39.0 Å². The molecule has 0 aliphatic carbocycles. The number of benzene rings is 1. The Hall–Kier alpha value is -2.34. The zero-order chi connectivity index (χ0) is 16.7. The predicted octanol–water partition coefficient (Wildman–Crippen LogP) is 2.60. The highest BCUT2D eigenvalue weighted by Crippen LogP contribution is 2.18. The van der Waals surface area contributed by atoms with Gasteiger partial charge in [-0.15, -0.1) is 0 Å². The summed E-state index contributed by atoms with van der Waals surface area (Å²) in [4.78, 5) is 29.8. The molecule has 1 aromatic carbocycles. The summed E-state index contributed by atoms with van der Waals surface area (Å²) >= 11 is 6.05. The van der Waals surface area contributed by atoms with Crippen LogP contribution in [0.5, 0.6) is 0 Å². The number of hydrogen-bond donors (Lipinski definition) is 0. The third kappa shape index (κ3) is 2.39. The van der Waals surface area contributed by atoms with Crippen LogP contribution in [-0.4, -0.2) is 18.7 Å². The summed E-state index contributed by atoms with van der Waals surface area (Å²) in [6.45, 7) is 5.99. The molecule has 0 fully saturated rings. The lowest BCUT2D eigenvalue weighted by Gasteiger charge is -2.13. The lowest BCUT2D eigenvalue weighted by molar-refractivity contribution is 0.604. The first-order chi connectivity index (χ1) is 11.0. The second-order valence-electron chi connectivity index (χ2n) is 5.57. The van der Waals surface area contributed by atoms with E-state index < -0.39 is 5.69 Å². The number of aromatic nitrogens is 4. The molecule has 0 saturated heterocycles. The van der Waals surface area contributed by atoms with Crippen LogP contribution in [0.2, 0.25) is 5.02 Å². The van der Waals surface area contributed by atoms with E-state index >= 15 is 0 Å². The van der Waals surface area contributed by atoms with Gasteiger partial charge >= 0.3 is 5.69 Å². The van der Waals surface area contributed by atoms with Gasteiger partial charge in [-0.25, -0.2) is 14.3 Å². The summed E-state index contributed by atoms with van der Waals surface area (Å²) < 4.78 is 4.43.